The second-order valence-corrected chi connectivity index (χ2v) is 5.48. The molecule has 1 amide bonds. The molecule has 0 saturated carbocycles. The molecule has 0 heterocycles. The van der Waals surface area contributed by atoms with Gasteiger partial charge < -0.3 is 20.3 Å². The first kappa shape index (κ1) is 17.3. The molecule has 1 aromatic carbocycles. The Morgan fingerprint density at radius 1 is 1.29 bits per heavy atom. The van der Waals surface area contributed by atoms with Crippen LogP contribution in [0.4, 0.5) is 0 Å². The largest absolute Gasteiger partial charge is 0.491 e. The number of aliphatic hydroxyl groups is 1. The number of carbonyl (C=O) groups excluding carboxylic acids is 1. The van der Waals surface area contributed by atoms with Crippen molar-refractivity contribution in [3.63, 3.8) is 0 Å². The minimum atomic E-state index is -1.09. The zero-order valence-electron chi connectivity index (χ0n) is 11.7. The quantitative estimate of drug-likeness (QED) is 0.622. The van der Waals surface area contributed by atoms with Crippen LogP contribution in [0.2, 0.25) is 0 Å². The SMILES string of the molecule is CC(=O)N[C@@H](CSCC(O)COc1ccccc1)C(=O)O. The van der Waals surface area contributed by atoms with Gasteiger partial charge in [-0.15, -0.1) is 0 Å². The van der Waals surface area contributed by atoms with Gasteiger partial charge in [-0.2, -0.15) is 11.8 Å². The number of aliphatic hydroxyl groups excluding tert-OH is 1. The zero-order chi connectivity index (χ0) is 15.7. The lowest BCUT2D eigenvalue weighted by Crippen LogP contribution is -2.41. The number of hydrogen-bond donors (Lipinski definition) is 3. The number of amides is 1. The van der Waals surface area contributed by atoms with E-state index in [1.165, 1.54) is 18.7 Å². The number of benzene rings is 1. The highest BCUT2D eigenvalue weighted by Gasteiger charge is 2.18. The molecule has 0 aliphatic heterocycles. The molecule has 0 bridgehead atoms. The Kier molecular flexibility index (Phi) is 7.63. The van der Waals surface area contributed by atoms with E-state index in [-0.39, 0.29) is 12.4 Å². The van der Waals surface area contributed by atoms with Gasteiger partial charge in [0.1, 0.15) is 18.4 Å². The number of hydrogen-bond acceptors (Lipinski definition) is 5. The molecule has 1 aromatic rings. The van der Waals surface area contributed by atoms with Crippen molar-refractivity contribution in [1.29, 1.82) is 0 Å². The Morgan fingerprint density at radius 3 is 2.52 bits per heavy atom. The van der Waals surface area contributed by atoms with Crippen LogP contribution in [0.5, 0.6) is 5.75 Å². The fourth-order valence-corrected chi connectivity index (χ4v) is 2.47. The van der Waals surface area contributed by atoms with Crippen molar-refractivity contribution in [2.75, 3.05) is 18.1 Å². The van der Waals surface area contributed by atoms with Crippen LogP contribution in [0.25, 0.3) is 0 Å². The third kappa shape index (κ3) is 7.57. The standard InChI is InChI=1S/C14H19NO5S/c1-10(16)15-13(14(18)19)9-21-8-11(17)7-20-12-5-3-2-4-6-12/h2-6,11,13,17H,7-9H2,1H3,(H,15,16)(H,18,19)/t11?,13-/m0/s1. The zero-order valence-corrected chi connectivity index (χ0v) is 12.5. The van der Waals surface area contributed by atoms with E-state index in [4.69, 9.17) is 9.84 Å². The molecule has 0 aromatic heterocycles. The van der Waals surface area contributed by atoms with E-state index in [9.17, 15) is 14.7 Å². The maximum atomic E-state index is 10.9. The molecule has 0 radical (unpaired) electrons. The summed E-state index contributed by atoms with van der Waals surface area (Å²) in [5, 5.41) is 21.0. The molecule has 0 spiro atoms. The summed E-state index contributed by atoms with van der Waals surface area (Å²) in [7, 11) is 0. The van der Waals surface area contributed by atoms with Gasteiger partial charge in [0.15, 0.2) is 0 Å². The first-order valence-corrected chi connectivity index (χ1v) is 7.58. The summed E-state index contributed by atoms with van der Waals surface area (Å²) in [6.07, 6.45) is -0.707. The Morgan fingerprint density at radius 2 is 1.95 bits per heavy atom. The Balaban J connectivity index is 2.24. The van der Waals surface area contributed by atoms with Crippen molar-refractivity contribution < 1.29 is 24.5 Å². The number of carboxylic acid groups (broad SMARTS) is 1. The lowest BCUT2D eigenvalue weighted by molar-refractivity contribution is -0.140. The molecule has 21 heavy (non-hydrogen) atoms. The number of ether oxygens (including phenoxy) is 1. The molecule has 7 heteroatoms. The minimum absolute atomic E-state index is 0.134. The van der Waals surface area contributed by atoms with E-state index in [2.05, 4.69) is 5.32 Å². The topological polar surface area (TPSA) is 95.9 Å². The number of para-hydroxylation sites is 1. The van der Waals surface area contributed by atoms with Crippen molar-refractivity contribution >= 4 is 23.6 Å². The summed E-state index contributed by atoms with van der Waals surface area (Å²) in [6.45, 7) is 1.40. The molecule has 1 rings (SSSR count). The maximum Gasteiger partial charge on any atom is 0.327 e. The molecule has 0 aliphatic rings. The van der Waals surface area contributed by atoms with Crippen LogP contribution in [0, 0.1) is 0 Å². The third-order valence-electron chi connectivity index (χ3n) is 2.46. The first-order valence-electron chi connectivity index (χ1n) is 6.42. The van der Waals surface area contributed by atoms with Gasteiger partial charge in [-0.25, -0.2) is 4.79 Å². The van der Waals surface area contributed by atoms with Gasteiger partial charge in [0.2, 0.25) is 5.91 Å². The van der Waals surface area contributed by atoms with Gasteiger partial charge in [-0.1, -0.05) is 18.2 Å². The molecule has 0 saturated heterocycles. The number of rotatable bonds is 9. The summed E-state index contributed by atoms with van der Waals surface area (Å²) in [6, 6.07) is 8.17. The molecule has 3 N–H and O–H groups in total. The highest BCUT2D eigenvalue weighted by Crippen LogP contribution is 2.11. The fraction of sp³-hybridized carbons (Fsp3) is 0.429. The van der Waals surface area contributed by atoms with E-state index in [1.54, 1.807) is 12.1 Å². The average Bonchev–Trinajstić information content (AvgIpc) is 2.44. The molecule has 0 aliphatic carbocycles. The predicted octanol–water partition coefficient (Wildman–Crippen LogP) is 0.749. The van der Waals surface area contributed by atoms with E-state index < -0.39 is 24.0 Å². The number of nitrogens with one attached hydrogen (secondary N) is 1. The lowest BCUT2D eigenvalue weighted by Gasteiger charge is -2.15. The van der Waals surface area contributed by atoms with Crippen LogP contribution >= 0.6 is 11.8 Å². The highest BCUT2D eigenvalue weighted by molar-refractivity contribution is 7.99. The summed E-state index contributed by atoms with van der Waals surface area (Å²) < 4.78 is 5.39. The molecular weight excluding hydrogens is 294 g/mol. The van der Waals surface area contributed by atoms with Crippen molar-refractivity contribution in [1.82, 2.24) is 5.32 Å². The molecule has 116 valence electrons. The second kappa shape index (κ2) is 9.25. The number of thioether (sulfide) groups is 1. The van der Waals surface area contributed by atoms with Gasteiger partial charge in [0.05, 0.1) is 6.10 Å². The fourth-order valence-electron chi connectivity index (χ4n) is 1.50. The second-order valence-electron chi connectivity index (χ2n) is 4.41. The molecule has 1 unspecified atom stereocenters. The number of carbonyl (C=O) groups is 2. The summed E-state index contributed by atoms with van der Waals surface area (Å²) in [4.78, 5) is 21.8. The van der Waals surface area contributed by atoms with Crippen LogP contribution in [-0.2, 0) is 9.59 Å². The van der Waals surface area contributed by atoms with Gasteiger partial charge in [0, 0.05) is 18.4 Å². The third-order valence-corrected chi connectivity index (χ3v) is 3.65. The monoisotopic (exact) mass is 313 g/mol. The van der Waals surface area contributed by atoms with Crippen LogP contribution in [0.3, 0.4) is 0 Å². The molecule has 2 atom stereocenters. The molecule has 6 nitrogen and oxygen atoms in total. The summed E-state index contributed by atoms with van der Waals surface area (Å²) >= 11 is 1.25. The van der Waals surface area contributed by atoms with Crippen molar-refractivity contribution in [3.8, 4) is 5.75 Å². The molecular formula is C14H19NO5S. The van der Waals surface area contributed by atoms with E-state index in [1.807, 2.05) is 18.2 Å². The summed E-state index contributed by atoms with van der Waals surface area (Å²) in [5.41, 5.74) is 0. The average molecular weight is 313 g/mol. The Bertz CT molecular complexity index is 454. The van der Waals surface area contributed by atoms with Crippen molar-refractivity contribution in [2.24, 2.45) is 0 Å². The van der Waals surface area contributed by atoms with Gasteiger partial charge >= 0.3 is 5.97 Å². The van der Waals surface area contributed by atoms with E-state index in [0.29, 0.717) is 11.5 Å². The minimum Gasteiger partial charge on any atom is -0.491 e. The van der Waals surface area contributed by atoms with Crippen molar-refractivity contribution in [3.05, 3.63) is 30.3 Å². The van der Waals surface area contributed by atoms with Crippen LogP contribution in [-0.4, -0.2) is 52.3 Å². The van der Waals surface area contributed by atoms with E-state index in [0.717, 1.165) is 0 Å². The van der Waals surface area contributed by atoms with Gasteiger partial charge in [-0.3, -0.25) is 4.79 Å². The summed E-state index contributed by atoms with van der Waals surface area (Å²) in [5.74, 6) is -0.292. The van der Waals surface area contributed by atoms with Crippen LogP contribution in [0.15, 0.2) is 30.3 Å². The van der Waals surface area contributed by atoms with Crippen LogP contribution < -0.4 is 10.1 Å². The van der Waals surface area contributed by atoms with Crippen LogP contribution in [0.1, 0.15) is 6.92 Å². The van der Waals surface area contributed by atoms with Gasteiger partial charge in [0.25, 0.3) is 0 Å². The van der Waals surface area contributed by atoms with E-state index >= 15 is 0 Å². The van der Waals surface area contributed by atoms with Gasteiger partial charge in [-0.05, 0) is 12.1 Å². The maximum absolute atomic E-state index is 10.9. The predicted molar refractivity (Wildman–Crippen MR) is 80.5 cm³/mol. The number of carboxylic acids is 1. The first-order chi connectivity index (χ1) is 9.99. The van der Waals surface area contributed by atoms with Crippen molar-refractivity contribution in [2.45, 2.75) is 19.1 Å². The smallest absolute Gasteiger partial charge is 0.327 e. The number of aliphatic carboxylic acids is 1. The Labute approximate surface area is 127 Å². The normalized spacial score (nSPS) is 13.2. The lowest BCUT2D eigenvalue weighted by atomic mass is 10.3. The molecule has 0 fully saturated rings. The highest BCUT2D eigenvalue weighted by atomic mass is 32.2. The Hall–Kier alpha value is -1.73.